The number of nitrogens with zero attached hydrogens (tertiary/aromatic N) is 4. The zero-order chi connectivity index (χ0) is 18.1. The highest BCUT2D eigenvalue weighted by Gasteiger charge is 2.32. The minimum absolute atomic E-state index is 0.151. The SMILES string of the molecule is CC1CCN(C(=O)[C@@H](C)Sc2nc(C3CC3)n(-c3ccccc3)n2)CC1. The summed E-state index contributed by atoms with van der Waals surface area (Å²) < 4.78 is 1.96. The Kier molecular flexibility index (Phi) is 5.02. The molecule has 1 aromatic heterocycles. The van der Waals surface area contributed by atoms with Gasteiger partial charge in [-0.05, 0) is 50.7 Å². The van der Waals surface area contributed by atoms with Gasteiger partial charge in [0.1, 0.15) is 5.82 Å². The minimum Gasteiger partial charge on any atom is -0.342 e. The second-order valence-electron chi connectivity index (χ2n) is 7.54. The second-order valence-corrected chi connectivity index (χ2v) is 8.85. The van der Waals surface area contributed by atoms with Gasteiger partial charge in [-0.1, -0.05) is 36.9 Å². The Morgan fingerprint density at radius 3 is 2.50 bits per heavy atom. The fourth-order valence-corrected chi connectivity index (χ4v) is 4.26. The van der Waals surface area contributed by atoms with Crippen molar-refractivity contribution >= 4 is 17.7 Å². The Balaban J connectivity index is 1.49. The van der Waals surface area contributed by atoms with Crippen molar-refractivity contribution in [2.75, 3.05) is 13.1 Å². The van der Waals surface area contributed by atoms with Crippen molar-refractivity contribution in [1.82, 2.24) is 19.7 Å². The quantitative estimate of drug-likeness (QED) is 0.750. The van der Waals surface area contributed by atoms with E-state index in [2.05, 4.69) is 19.1 Å². The standard InChI is InChI=1S/C20H26N4OS/c1-14-10-12-23(13-11-14)19(25)15(2)26-20-21-18(16-8-9-16)24(22-20)17-6-4-3-5-7-17/h3-7,14-16H,8-13H2,1-2H3/t15-/m1/s1. The maximum Gasteiger partial charge on any atom is 0.235 e. The van der Waals surface area contributed by atoms with Gasteiger partial charge in [0.25, 0.3) is 0 Å². The molecular formula is C20H26N4OS. The molecule has 1 atom stereocenters. The minimum atomic E-state index is -0.151. The first kappa shape index (κ1) is 17.6. The summed E-state index contributed by atoms with van der Waals surface area (Å²) in [5.41, 5.74) is 1.04. The van der Waals surface area contributed by atoms with Crippen LogP contribution in [0.3, 0.4) is 0 Å². The molecule has 0 radical (unpaired) electrons. The highest BCUT2D eigenvalue weighted by atomic mass is 32.2. The maximum absolute atomic E-state index is 12.8. The molecule has 1 saturated carbocycles. The van der Waals surface area contributed by atoms with Gasteiger partial charge in [0, 0.05) is 19.0 Å². The van der Waals surface area contributed by atoms with Crippen molar-refractivity contribution in [3.05, 3.63) is 36.2 Å². The smallest absolute Gasteiger partial charge is 0.235 e. The van der Waals surface area contributed by atoms with Gasteiger partial charge in [-0.3, -0.25) is 4.79 Å². The molecule has 2 heterocycles. The first-order chi connectivity index (χ1) is 12.6. The molecule has 4 rings (SSSR count). The van der Waals surface area contributed by atoms with Crippen LogP contribution in [0.1, 0.15) is 51.3 Å². The Bertz CT molecular complexity index is 763. The lowest BCUT2D eigenvalue weighted by atomic mass is 9.99. The predicted molar refractivity (Wildman–Crippen MR) is 104 cm³/mol. The first-order valence-electron chi connectivity index (χ1n) is 9.59. The number of rotatable bonds is 5. The molecule has 1 aliphatic carbocycles. The highest BCUT2D eigenvalue weighted by molar-refractivity contribution is 8.00. The van der Waals surface area contributed by atoms with Crippen LogP contribution in [0.15, 0.2) is 35.5 Å². The molecule has 6 heteroatoms. The van der Waals surface area contributed by atoms with E-state index in [1.807, 2.05) is 34.7 Å². The number of likely N-dealkylation sites (tertiary alicyclic amines) is 1. The Labute approximate surface area is 159 Å². The van der Waals surface area contributed by atoms with Crippen molar-refractivity contribution in [2.24, 2.45) is 5.92 Å². The van der Waals surface area contributed by atoms with Gasteiger partial charge in [-0.15, -0.1) is 5.10 Å². The highest BCUT2D eigenvalue weighted by Crippen LogP contribution is 2.40. The summed E-state index contributed by atoms with van der Waals surface area (Å²) in [4.78, 5) is 19.5. The Morgan fingerprint density at radius 1 is 1.15 bits per heavy atom. The van der Waals surface area contributed by atoms with Gasteiger partial charge in [0.15, 0.2) is 0 Å². The number of piperidine rings is 1. The molecule has 0 bridgehead atoms. The van der Waals surface area contributed by atoms with Crippen LogP contribution in [-0.4, -0.2) is 43.9 Å². The van der Waals surface area contributed by atoms with Gasteiger partial charge in [-0.25, -0.2) is 9.67 Å². The average molecular weight is 371 g/mol. The van der Waals surface area contributed by atoms with Crippen LogP contribution in [0.4, 0.5) is 0 Å². The molecule has 0 unspecified atom stereocenters. The zero-order valence-electron chi connectivity index (χ0n) is 15.5. The van der Waals surface area contributed by atoms with E-state index in [1.165, 1.54) is 24.6 Å². The lowest BCUT2D eigenvalue weighted by Gasteiger charge is -2.31. The third-order valence-electron chi connectivity index (χ3n) is 5.28. The number of thioether (sulfide) groups is 1. The molecule has 5 nitrogen and oxygen atoms in total. The number of aromatic nitrogens is 3. The summed E-state index contributed by atoms with van der Waals surface area (Å²) in [5, 5.41) is 5.28. The normalized spacial score (nSPS) is 19.5. The number of hydrogen-bond donors (Lipinski definition) is 0. The fourth-order valence-electron chi connectivity index (χ4n) is 3.41. The Hall–Kier alpha value is -1.82. The van der Waals surface area contributed by atoms with Gasteiger partial charge in [-0.2, -0.15) is 0 Å². The lowest BCUT2D eigenvalue weighted by Crippen LogP contribution is -2.41. The van der Waals surface area contributed by atoms with E-state index in [-0.39, 0.29) is 11.2 Å². The number of hydrogen-bond acceptors (Lipinski definition) is 4. The van der Waals surface area contributed by atoms with Crippen LogP contribution in [0, 0.1) is 5.92 Å². The molecule has 26 heavy (non-hydrogen) atoms. The third-order valence-corrected chi connectivity index (χ3v) is 6.22. The lowest BCUT2D eigenvalue weighted by molar-refractivity contribution is -0.131. The Morgan fingerprint density at radius 2 is 1.85 bits per heavy atom. The summed E-state index contributed by atoms with van der Waals surface area (Å²) in [7, 11) is 0. The van der Waals surface area contributed by atoms with E-state index in [0.29, 0.717) is 11.1 Å². The fraction of sp³-hybridized carbons (Fsp3) is 0.550. The molecule has 2 fully saturated rings. The van der Waals surface area contributed by atoms with Crippen LogP contribution in [0.5, 0.6) is 0 Å². The number of carbonyl (C=O) groups is 1. The summed E-state index contributed by atoms with van der Waals surface area (Å²) in [6.45, 7) is 6.00. The predicted octanol–water partition coefficient (Wildman–Crippen LogP) is 3.88. The molecular weight excluding hydrogens is 344 g/mol. The number of amides is 1. The van der Waals surface area contributed by atoms with Crippen molar-refractivity contribution < 1.29 is 4.79 Å². The first-order valence-corrected chi connectivity index (χ1v) is 10.5. The largest absolute Gasteiger partial charge is 0.342 e. The molecule has 138 valence electrons. The number of para-hydroxylation sites is 1. The number of carbonyl (C=O) groups excluding carboxylic acids is 1. The van der Waals surface area contributed by atoms with Gasteiger partial charge in [0.05, 0.1) is 10.9 Å². The molecule has 1 aliphatic heterocycles. The van der Waals surface area contributed by atoms with Crippen LogP contribution in [-0.2, 0) is 4.79 Å². The zero-order valence-corrected chi connectivity index (χ0v) is 16.3. The van der Waals surface area contributed by atoms with Crippen LogP contribution in [0.2, 0.25) is 0 Å². The van der Waals surface area contributed by atoms with Gasteiger partial charge in [0.2, 0.25) is 11.1 Å². The van der Waals surface area contributed by atoms with Crippen LogP contribution in [0.25, 0.3) is 5.69 Å². The molecule has 0 spiro atoms. The molecule has 2 aliphatic rings. The van der Waals surface area contributed by atoms with Crippen LogP contribution >= 0.6 is 11.8 Å². The van der Waals surface area contributed by atoms with Crippen molar-refractivity contribution in [3.8, 4) is 5.69 Å². The molecule has 0 N–H and O–H groups in total. The van der Waals surface area contributed by atoms with E-state index in [0.717, 1.165) is 43.4 Å². The van der Waals surface area contributed by atoms with Crippen molar-refractivity contribution in [1.29, 1.82) is 0 Å². The maximum atomic E-state index is 12.8. The molecule has 1 saturated heterocycles. The molecule has 1 aromatic carbocycles. The summed E-state index contributed by atoms with van der Waals surface area (Å²) >= 11 is 1.49. The second kappa shape index (κ2) is 7.43. The van der Waals surface area contributed by atoms with E-state index < -0.39 is 0 Å². The van der Waals surface area contributed by atoms with E-state index in [1.54, 1.807) is 0 Å². The van der Waals surface area contributed by atoms with Gasteiger partial charge < -0.3 is 4.90 Å². The summed E-state index contributed by atoms with van der Waals surface area (Å²) in [6, 6.07) is 10.2. The van der Waals surface area contributed by atoms with Crippen molar-refractivity contribution in [2.45, 2.75) is 55.9 Å². The molecule has 2 aromatic rings. The van der Waals surface area contributed by atoms with E-state index >= 15 is 0 Å². The third kappa shape index (κ3) is 3.80. The topological polar surface area (TPSA) is 51.0 Å². The molecule has 1 amide bonds. The summed E-state index contributed by atoms with van der Waals surface area (Å²) in [5.74, 6) is 2.48. The van der Waals surface area contributed by atoms with E-state index in [9.17, 15) is 4.79 Å². The van der Waals surface area contributed by atoms with Crippen LogP contribution < -0.4 is 0 Å². The number of benzene rings is 1. The monoisotopic (exact) mass is 370 g/mol. The van der Waals surface area contributed by atoms with Crippen molar-refractivity contribution in [3.63, 3.8) is 0 Å². The van der Waals surface area contributed by atoms with E-state index in [4.69, 9.17) is 10.1 Å². The van der Waals surface area contributed by atoms with Gasteiger partial charge >= 0.3 is 0 Å². The summed E-state index contributed by atoms with van der Waals surface area (Å²) in [6.07, 6.45) is 4.57. The average Bonchev–Trinajstić information content (AvgIpc) is 3.43.